The van der Waals surface area contributed by atoms with E-state index < -0.39 is 0 Å². The number of Topliss-reactive ketones (excluding diaryl/α,β-unsaturated/α-hetero) is 2. The molecule has 0 saturated heterocycles. The van der Waals surface area contributed by atoms with E-state index in [9.17, 15) is 9.59 Å². The van der Waals surface area contributed by atoms with E-state index in [-0.39, 0.29) is 18.0 Å². The summed E-state index contributed by atoms with van der Waals surface area (Å²) in [5.74, 6) is 0.853. The van der Waals surface area contributed by atoms with E-state index >= 15 is 0 Å². The number of hydrogen-bond donors (Lipinski definition) is 0. The smallest absolute Gasteiger partial charge is 0.170 e. The van der Waals surface area contributed by atoms with E-state index in [4.69, 9.17) is 4.74 Å². The Bertz CT molecular complexity index is 697. The van der Waals surface area contributed by atoms with Crippen LogP contribution in [0.15, 0.2) is 48.5 Å². The standard InChI is InChI=1S/C22H26O3/c1-4-5-14-25-20-12-10-19(11-13-20)22(24)15-21(23)18-8-6-17(7-9-18)16(2)3/h6-13,16H,4-5,14-15H2,1-3H3. The summed E-state index contributed by atoms with van der Waals surface area (Å²) in [5.41, 5.74) is 2.30. The molecule has 0 aliphatic heterocycles. The Morgan fingerprint density at radius 2 is 1.40 bits per heavy atom. The second kappa shape index (κ2) is 9.16. The summed E-state index contributed by atoms with van der Waals surface area (Å²) >= 11 is 0. The van der Waals surface area contributed by atoms with Crippen LogP contribution in [-0.4, -0.2) is 18.2 Å². The Hall–Kier alpha value is -2.42. The average molecular weight is 338 g/mol. The van der Waals surface area contributed by atoms with E-state index in [0.29, 0.717) is 23.7 Å². The molecular weight excluding hydrogens is 312 g/mol. The van der Waals surface area contributed by atoms with Gasteiger partial charge in [0.2, 0.25) is 0 Å². The normalized spacial score (nSPS) is 10.7. The van der Waals surface area contributed by atoms with Crippen LogP contribution in [0.5, 0.6) is 5.75 Å². The zero-order valence-electron chi connectivity index (χ0n) is 15.2. The first-order valence-electron chi connectivity index (χ1n) is 8.90. The molecule has 0 aliphatic rings. The van der Waals surface area contributed by atoms with Gasteiger partial charge in [-0.1, -0.05) is 51.5 Å². The number of ether oxygens (including phenoxy) is 1. The first-order valence-corrected chi connectivity index (χ1v) is 8.90. The maximum absolute atomic E-state index is 12.3. The van der Waals surface area contributed by atoms with Crippen molar-refractivity contribution in [3.63, 3.8) is 0 Å². The predicted octanol–water partition coefficient (Wildman–Crippen LogP) is 5.44. The molecule has 2 rings (SSSR count). The topological polar surface area (TPSA) is 43.4 Å². The molecule has 2 aromatic rings. The quantitative estimate of drug-likeness (QED) is 0.347. The van der Waals surface area contributed by atoms with Gasteiger partial charge in [0.05, 0.1) is 13.0 Å². The van der Waals surface area contributed by atoms with Crippen molar-refractivity contribution in [1.82, 2.24) is 0 Å². The van der Waals surface area contributed by atoms with Crippen molar-refractivity contribution in [3.8, 4) is 5.75 Å². The number of benzene rings is 2. The van der Waals surface area contributed by atoms with E-state index in [2.05, 4.69) is 20.8 Å². The lowest BCUT2D eigenvalue weighted by atomic mass is 9.98. The lowest BCUT2D eigenvalue weighted by molar-refractivity contribution is 0.0894. The highest BCUT2D eigenvalue weighted by molar-refractivity contribution is 6.13. The second-order valence-corrected chi connectivity index (χ2v) is 6.53. The monoisotopic (exact) mass is 338 g/mol. The molecule has 3 nitrogen and oxygen atoms in total. The fourth-order valence-corrected chi connectivity index (χ4v) is 2.48. The summed E-state index contributed by atoms with van der Waals surface area (Å²) in [5, 5.41) is 0. The third kappa shape index (κ3) is 5.56. The molecule has 0 aromatic heterocycles. The lowest BCUT2D eigenvalue weighted by Gasteiger charge is -2.07. The molecule has 0 N–H and O–H groups in total. The van der Waals surface area contributed by atoms with Crippen molar-refractivity contribution in [3.05, 3.63) is 65.2 Å². The van der Waals surface area contributed by atoms with Crippen molar-refractivity contribution in [1.29, 1.82) is 0 Å². The van der Waals surface area contributed by atoms with Gasteiger partial charge in [-0.15, -0.1) is 0 Å². The number of rotatable bonds is 9. The predicted molar refractivity (Wildman–Crippen MR) is 101 cm³/mol. The summed E-state index contributed by atoms with van der Waals surface area (Å²) < 4.78 is 5.58. The van der Waals surface area contributed by atoms with Gasteiger partial charge in [-0.3, -0.25) is 9.59 Å². The van der Waals surface area contributed by atoms with Crippen LogP contribution in [0.25, 0.3) is 0 Å². The van der Waals surface area contributed by atoms with Crippen LogP contribution in [0.1, 0.15) is 72.2 Å². The van der Waals surface area contributed by atoms with Gasteiger partial charge in [-0.2, -0.15) is 0 Å². The Balaban J connectivity index is 1.95. The first kappa shape index (κ1) is 18.9. The molecule has 0 fully saturated rings. The Morgan fingerprint density at radius 1 is 0.880 bits per heavy atom. The molecule has 0 saturated carbocycles. The van der Waals surface area contributed by atoms with Gasteiger partial charge in [0.15, 0.2) is 11.6 Å². The molecule has 0 radical (unpaired) electrons. The molecule has 0 spiro atoms. The fraction of sp³-hybridized carbons (Fsp3) is 0.364. The summed E-state index contributed by atoms with van der Waals surface area (Å²) in [7, 11) is 0. The summed E-state index contributed by atoms with van der Waals surface area (Å²) in [6.45, 7) is 7.00. The first-order chi connectivity index (χ1) is 12.0. The number of ketones is 2. The van der Waals surface area contributed by atoms with Gasteiger partial charge in [-0.25, -0.2) is 0 Å². The van der Waals surface area contributed by atoms with Crippen molar-refractivity contribution in [2.75, 3.05) is 6.61 Å². The van der Waals surface area contributed by atoms with Crippen LogP contribution in [0.2, 0.25) is 0 Å². The second-order valence-electron chi connectivity index (χ2n) is 6.53. The van der Waals surface area contributed by atoms with Crippen LogP contribution in [0.4, 0.5) is 0 Å². The number of unbranched alkanes of at least 4 members (excludes halogenated alkanes) is 1. The molecule has 0 heterocycles. The van der Waals surface area contributed by atoms with Crippen LogP contribution in [0.3, 0.4) is 0 Å². The van der Waals surface area contributed by atoms with Crippen molar-refractivity contribution >= 4 is 11.6 Å². The van der Waals surface area contributed by atoms with E-state index in [0.717, 1.165) is 18.6 Å². The van der Waals surface area contributed by atoms with Gasteiger partial charge >= 0.3 is 0 Å². The number of carbonyl (C=O) groups excluding carboxylic acids is 2. The Labute approximate surface area is 150 Å². The Kier molecular flexibility index (Phi) is 6.93. The molecule has 2 aromatic carbocycles. The average Bonchev–Trinajstić information content (AvgIpc) is 2.62. The van der Waals surface area contributed by atoms with Gasteiger partial charge in [0, 0.05) is 11.1 Å². The minimum atomic E-state index is -0.168. The number of hydrogen-bond acceptors (Lipinski definition) is 3. The maximum Gasteiger partial charge on any atom is 0.170 e. The summed E-state index contributed by atoms with van der Waals surface area (Å²) in [6.07, 6.45) is 1.97. The van der Waals surface area contributed by atoms with Crippen LogP contribution in [-0.2, 0) is 0 Å². The van der Waals surface area contributed by atoms with E-state index in [1.807, 2.05) is 12.1 Å². The highest BCUT2D eigenvalue weighted by Crippen LogP contribution is 2.17. The van der Waals surface area contributed by atoms with Crippen LogP contribution >= 0.6 is 0 Å². The van der Waals surface area contributed by atoms with Crippen LogP contribution in [0, 0.1) is 0 Å². The molecule has 132 valence electrons. The minimum Gasteiger partial charge on any atom is -0.494 e. The zero-order chi connectivity index (χ0) is 18.2. The van der Waals surface area contributed by atoms with Crippen molar-refractivity contribution < 1.29 is 14.3 Å². The third-order valence-corrected chi connectivity index (χ3v) is 4.16. The molecule has 25 heavy (non-hydrogen) atoms. The minimum absolute atomic E-state index is 0.114. The van der Waals surface area contributed by atoms with Crippen molar-refractivity contribution in [2.45, 2.75) is 46.0 Å². The molecule has 3 heteroatoms. The molecule has 0 bridgehead atoms. The SMILES string of the molecule is CCCCOc1ccc(C(=O)CC(=O)c2ccc(C(C)C)cc2)cc1. The zero-order valence-corrected chi connectivity index (χ0v) is 15.2. The van der Waals surface area contributed by atoms with Crippen LogP contribution < -0.4 is 4.74 Å². The van der Waals surface area contributed by atoms with E-state index in [1.54, 1.807) is 36.4 Å². The Morgan fingerprint density at radius 3 is 1.88 bits per heavy atom. The van der Waals surface area contributed by atoms with Gasteiger partial charge < -0.3 is 4.74 Å². The lowest BCUT2D eigenvalue weighted by Crippen LogP contribution is -2.09. The van der Waals surface area contributed by atoms with E-state index in [1.165, 1.54) is 5.56 Å². The van der Waals surface area contributed by atoms with Gasteiger partial charge in [0.1, 0.15) is 5.75 Å². The summed E-state index contributed by atoms with van der Waals surface area (Å²) in [4.78, 5) is 24.6. The van der Waals surface area contributed by atoms with Gasteiger partial charge in [-0.05, 0) is 42.2 Å². The van der Waals surface area contributed by atoms with Crippen molar-refractivity contribution in [2.24, 2.45) is 0 Å². The largest absolute Gasteiger partial charge is 0.494 e. The molecule has 0 aliphatic carbocycles. The molecule has 0 amide bonds. The summed E-state index contributed by atoms with van der Waals surface area (Å²) in [6, 6.07) is 14.5. The third-order valence-electron chi connectivity index (χ3n) is 4.16. The highest BCUT2D eigenvalue weighted by Gasteiger charge is 2.14. The highest BCUT2D eigenvalue weighted by atomic mass is 16.5. The van der Waals surface area contributed by atoms with Gasteiger partial charge in [0.25, 0.3) is 0 Å². The maximum atomic E-state index is 12.3. The number of carbonyl (C=O) groups is 2. The molecular formula is C22H26O3. The fourth-order valence-electron chi connectivity index (χ4n) is 2.48. The molecule has 0 unspecified atom stereocenters. The molecule has 0 atom stereocenters.